The van der Waals surface area contributed by atoms with Crippen molar-refractivity contribution in [1.29, 1.82) is 0 Å². The van der Waals surface area contributed by atoms with Crippen LogP contribution in [0.4, 0.5) is 5.69 Å². The van der Waals surface area contributed by atoms with Crippen molar-refractivity contribution in [3.05, 3.63) is 64.7 Å². The molecule has 2 heteroatoms. The molecule has 1 nitrogen and oxygen atoms in total. The van der Waals surface area contributed by atoms with Crippen molar-refractivity contribution in [2.24, 2.45) is 0 Å². The molecule has 0 aromatic heterocycles. The van der Waals surface area contributed by atoms with Gasteiger partial charge in [0.2, 0.25) is 0 Å². The molecule has 0 radical (unpaired) electrons. The van der Waals surface area contributed by atoms with Crippen molar-refractivity contribution in [3.63, 3.8) is 0 Å². The molecule has 0 saturated heterocycles. The Morgan fingerprint density at radius 2 is 1.72 bits per heavy atom. The van der Waals surface area contributed by atoms with Gasteiger partial charge in [-0.15, -0.1) is 0 Å². The molecule has 3 rings (SSSR count). The summed E-state index contributed by atoms with van der Waals surface area (Å²) in [5.74, 6) is 0. The van der Waals surface area contributed by atoms with E-state index in [-0.39, 0.29) is 0 Å². The van der Waals surface area contributed by atoms with Crippen molar-refractivity contribution >= 4 is 21.6 Å². The van der Waals surface area contributed by atoms with Crippen LogP contribution in [-0.4, -0.2) is 0 Å². The van der Waals surface area contributed by atoms with Gasteiger partial charge in [0.05, 0.1) is 0 Å². The Labute approximate surface area is 117 Å². The van der Waals surface area contributed by atoms with Crippen LogP contribution in [0.5, 0.6) is 0 Å². The standard InChI is InChI=1S/C16H16BrN/c1-12-6-7-16(15(8-12)9-17)18-10-13-4-2-3-5-14(13)11-18/h2-8H,9-11H2,1H3. The zero-order valence-electron chi connectivity index (χ0n) is 10.5. The Morgan fingerprint density at radius 3 is 2.33 bits per heavy atom. The summed E-state index contributed by atoms with van der Waals surface area (Å²) >= 11 is 3.60. The van der Waals surface area contributed by atoms with E-state index in [1.165, 1.54) is 27.9 Å². The first-order valence-electron chi connectivity index (χ1n) is 6.25. The summed E-state index contributed by atoms with van der Waals surface area (Å²) in [6, 6.07) is 15.4. The van der Waals surface area contributed by atoms with E-state index < -0.39 is 0 Å². The van der Waals surface area contributed by atoms with E-state index in [1.54, 1.807) is 0 Å². The third-order valence-corrected chi connectivity index (χ3v) is 4.16. The lowest BCUT2D eigenvalue weighted by atomic mass is 10.1. The number of benzene rings is 2. The van der Waals surface area contributed by atoms with E-state index in [1.807, 2.05) is 0 Å². The molecule has 0 amide bonds. The number of hydrogen-bond donors (Lipinski definition) is 0. The number of hydrogen-bond acceptors (Lipinski definition) is 1. The summed E-state index contributed by atoms with van der Waals surface area (Å²) in [7, 11) is 0. The van der Waals surface area contributed by atoms with Gasteiger partial charge in [-0.2, -0.15) is 0 Å². The number of nitrogens with zero attached hydrogens (tertiary/aromatic N) is 1. The molecule has 0 N–H and O–H groups in total. The molecular weight excluding hydrogens is 286 g/mol. The lowest BCUT2D eigenvalue weighted by Gasteiger charge is -2.21. The first kappa shape index (κ1) is 11.8. The quantitative estimate of drug-likeness (QED) is 0.743. The van der Waals surface area contributed by atoms with Crippen LogP contribution in [-0.2, 0) is 18.4 Å². The zero-order chi connectivity index (χ0) is 12.5. The Balaban J connectivity index is 1.95. The van der Waals surface area contributed by atoms with Gasteiger partial charge in [-0.1, -0.05) is 57.9 Å². The fraction of sp³-hybridized carbons (Fsp3) is 0.250. The monoisotopic (exact) mass is 301 g/mol. The van der Waals surface area contributed by atoms with Gasteiger partial charge < -0.3 is 4.90 Å². The van der Waals surface area contributed by atoms with Crippen LogP contribution in [0.1, 0.15) is 22.3 Å². The molecule has 2 aromatic carbocycles. The van der Waals surface area contributed by atoms with Gasteiger partial charge in [0, 0.05) is 24.1 Å². The van der Waals surface area contributed by atoms with Crippen LogP contribution in [0.3, 0.4) is 0 Å². The van der Waals surface area contributed by atoms with E-state index in [2.05, 4.69) is 70.2 Å². The van der Waals surface area contributed by atoms with Crippen LogP contribution >= 0.6 is 15.9 Å². The topological polar surface area (TPSA) is 3.24 Å². The molecule has 1 heterocycles. The fourth-order valence-corrected chi connectivity index (χ4v) is 3.08. The Hall–Kier alpha value is -1.28. The first-order valence-corrected chi connectivity index (χ1v) is 7.37. The Morgan fingerprint density at radius 1 is 1.06 bits per heavy atom. The van der Waals surface area contributed by atoms with Crippen LogP contribution in [0.25, 0.3) is 0 Å². The third-order valence-electron chi connectivity index (χ3n) is 3.56. The second-order valence-corrected chi connectivity index (χ2v) is 5.45. The number of halogens is 1. The highest BCUT2D eigenvalue weighted by Gasteiger charge is 2.20. The fourth-order valence-electron chi connectivity index (χ4n) is 2.63. The Kier molecular flexibility index (Phi) is 3.13. The van der Waals surface area contributed by atoms with Crippen molar-refractivity contribution in [2.75, 3.05) is 4.90 Å². The largest absolute Gasteiger partial charge is 0.363 e. The first-order chi connectivity index (χ1) is 8.78. The maximum absolute atomic E-state index is 3.60. The summed E-state index contributed by atoms with van der Waals surface area (Å²) in [5, 5.41) is 0.914. The van der Waals surface area contributed by atoms with Crippen LogP contribution in [0, 0.1) is 6.92 Å². The predicted octanol–water partition coefficient (Wildman–Crippen LogP) is 4.41. The molecule has 0 fully saturated rings. The molecule has 0 aliphatic carbocycles. The molecule has 0 saturated carbocycles. The molecule has 0 atom stereocenters. The lowest BCUT2D eigenvalue weighted by Crippen LogP contribution is -2.16. The zero-order valence-corrected chi connectivity index (χ0v) is 12.1. The highest BCUT2D eigenvalue weighted by Crippen LogP contribution is 2.31. The highest BCUT2D eigenvalue weighted by molar-refractivity contribution is 9.08. The molecule has 0 unspecified atom stereocenters. The number of fused-ring (bicyclic) bond motifs is 1. The Bertz CT molecular complexity index is 552. The summed E-state index contributed by atoms with van der Waals surface area (Å²) in [6.07, 6.45) is 0. The SMILES string of the molecule is Cc1ccc(N2Cc3ccccc3C2)c(CBr)c1. The molecule has 1 aliphatic heterocycles. The number of alkyl halides is 1. The molecule has 0 bridgehead atoms. The maximum Gasteiger partial charge on any atom is 0.0436 e. The second kappa shape index (κ2) is 4.77. The second-order valence-electron chi connectivity index (χ2n) is 4.89. The highest BCUT2D eigenvalue weighted by atomic mass is 79.9. The normalized spacial score (nSPS) is 13.8. The average molecular weight is 302 g/mol. The van der Waals surface area contributed by atoms with Crippen LogP contribution in [0.15, 0.2) is 42.5 Å². The van der Waals surface area contributed by atoms with Crippen molar-refractivity contribution in [3.8, 4) is 0 Å². The van der Waals surface area contributed by atoms with Gasteiger partial charge in [-0.25, -0.2) is 0 Å². The molecule has 0 spiro atoms. The smallest absolute Gasteiger partial charge is 0.0436 e. The lowest BCUT2D eigenvalue weighted by molar-refractivity contribution is 0.874. The average Bonchev–Trinajstić information content (AvgIpc) is 2.82. The predicted molar refractivity (Wildman–Crippen MR) is 80.1 cm³/mol. The van der Waals surface area contributed by atoms with E-state index in [4.69, 9.17) is 0 Å². The summed E-state index contributed by atoms with van der Waals surface area (Å²) in [6.45, 7) is 4.20. The summed E-state index contributed by atoms with van der Waals surface area (Å²) in [4.78, 5) is 2.46. The van der Waals surface area contributed by atoms with Gasteiger partial charge in [0.15, 0.2) is 0 Å². The summed E-state index contributed by atoms with van der Waals surface area (Å²) < 4.78 is 0. The van der Waals surface area contributed by atoms with Crippen molar-refractivity contribution < 1.29 is 0 Å². The molecule has 1 aliphatic rings. The third kappa shape index (κ3) is 2.05. The molecular formula is C16H16BrN. The maximum atomic E-state index is 3.60. The van der Waals surface area contributed by atoms with Gasteiger partial charge in [0.1, 0.15) is 0 Å². The molecule has 2 aromatic rings. The number of anilines is 1. The van der Waals surface area contributed by atoms with Gasteiger partial charge in [-0.05, 0) is 29.7 Å². The van der Waals surface area contributed by atoms with Gasteiger partial charge in [-0.3, -0.25) is 0 Å². The van der Waals surface area contributed by atoms with E-state index in [0.29, 0.717) is 0 Å². The number of rotatable bonds is 2. The van der Waals surface area contributed by atoms with Crippen LogP contribution in [0.2, 0.25) is 0 Å². The summed E-state index contributed by atoms with van der Waals surface area (Å²) in [5.41, 5.74) is 6.97. The van der Waals surface area contributed by atoms with E-state index >= 15 is 0 Å². The minimum Gasteiger partial charge on any atom is -0.363 e. The van der Waals surface area contributed by atoms with E-state index in [0.717, 1.165) is 18.4 Å². The van der Waals surface area contributed by atoms with Gasteiger partial charge in [0.25, 0.3) is 0 Å². The number of aryl methyl sites for hydroxylation is 1. The van der Waals surface area contributed by atoms with Crippen LogP contribution < -0.4 is 4.90 Å². The minimum atomic E-state index is 0.914. The molecule has 92 valence electrons. The van der Waals surface area contributed by atoms with Gasteiger partial charge >= 0.3 is 0 Å². The van der Waals surface area contributed by atoms with Crippen molar-refractivity contribution in [2.45, 2.75) is 25.3 Å². The molecule has 18 heavy (non-hydrogen) atoms. The van der Waals surface area contributed by atoms with E-state index in [9.17, 15) is 0 Å². The van der Waals surface area contributed by atoms with Crippen molar-refractivity contribution in [1.82, 2.24) is 0 Å². The minimum absolute atomic E-state index is 0.914.